The van der Waals surface area contributed by atoms with E-state index in [-0.39, 0.29) is 0 Å². The van der Waals surface area contributed by atoms with E-state index < -0.39 is 0 Å². The summed E-state index contributed by atoms with van der Waals surface area (Å²) >= 11 is 0. The zero-order chi connectivity index (χ0) is 9.80. The molecule has 1 N–H and O–H groups in total. The lowest BCUT2D eigenvalue weighted by molar-refractivity contribution is 1.08. The molecule has 0 aliphatic carbocycles. The number of hydrogen-bond acceptors (Lipinski definition) is 2. The second-order valence-corrected chi connectivity index (χ2v) is 2.76. The number of hydrogen-bond donors (Lipinski definition) is 1. The van der Waals surface area contributed by atoms with E-state index >= 15 is 0 Å². The molecule has 1 aromatic carbocycles. The maximum Gasteiger partial charge on any atom is 0.181 e. The van der Waals surface area contributed by atoms with E-state index in [0.29, 0.717) is 11.6 Å². The second kappa shape index (κ2) is 3.73. The third-order valence-electron chi connectivity index (χ3n) is 1.77. The summed E-state index contributed by atoms with van der Waals surface area (Å²) in [6, 6.07) is 9.79. The van der Waals surface area contributed by atoms with Crippen LogP contribution in [0.2, 0.25) is 0 Å². The molecule has 0 aliphatic rings. The Morgan fingerprint density at radius 1 is 1.29 bits per heavy atom. The summed E-state index contributed by atoms with van der Waals surface area (Å²) in [5, 5.41) is 6.86. The summed E-state index contributed by atoms with van der Waals surface area (Å²) < 4.78 is 0. The highest BCUT2D eigenvalue weighted by atomic mass is 15.2. The van der Waals surface area contributed by atoms with Gasteiger partial charge in [-0.15, -0.1) is 5.73 Å². The predicted octanol–water partition coefficient (Wildman–Crippen LogP) is 2.27. The molecule has 1 heterocycles. The largest absolute Gasteiger partial charge is 0.259 e. The van der Waals surface area contributed by atoms with Crippen molar-refractivity contribution in [1.82, 2.24) is 15.2 Å². The van der Waals surface area contributed by atoms with Gasteiger partial charge in [-0.25, -0.2) is 4.98 Å². The second-order valence-electron chi connectivity index (χ2n) is 2.76. The molecule has 0 spiro atoms. The molecule has 3 nitrogen and oxygen atoms in total. The first kappa shape index (κ1) is 8.48. The van der Waals surface area contributed by atoms with Gasteiger partial charge >= 0.3 is 0 Å². The Labute approximate surface area is 81.8 Å². The first-order chi connectivity index (χ1) is 6.90. The number of nitrogens with zero attached hydrogens (tertiary/aromatic N) is 2. The van der Waals surface area contributed by atoms with Crippen LogP contribution >= 0.6 is 0 Å². The average molecular weight is 183 g/mol. The van der Waals surface area contributed by atoms with Crippen LogP contribution in [0.4, 0.5) is 0 Å². The summed E-state index contributed by atoms with van der Waals surface area (Å²) in [5.74, 6) is 1.35. The van der Waals surface area contributed by atoms with E-state index in [4.69, 9.17) is 0 Å². The third kappa shape index (κ3) is 1.63. The van der Waals surface area contributed by atoms with Gasteiger partial charge in [-0.3, -0.25) is 5.10 Å². The highest BCUT2D eigenvalue weighted by Gasteiger charge is 2.01. The summed E-state index contributed by atoms with van der Waals surface area (Å²) in [6.07, 6.45) is 1.65. The van der Waals surface area contributed by atoms with Crippen LogP contribution in [0.15, 0.2) is 42.6 Å². The van der Waals surface area contributed by atoms with Crippen molar-refractivity contribution in [2.24, 2.45) is 0 Å². The smallest absolute Gasteiger partial charge is 0.181 e. The van der Waals surface area contributed by atoms with Gasteiger partial charge in [0.05, 0.1) is 0 Å². The molecule has 0 radical (unpaired) electrons. The van der Waals surface area contributed by atoms with Crippen LogP contribution in [0.25, 0.3) is 17.5 Å². The fourth-order valence-electron chi connectivity index (χ4n) is 1.15. The lowest BCUT2D eigenvalue weighted by atomic mass is 10.2. The Bertz CT molecular complexity index is 464. The zero-order valence-electron chi connectivity index (χ0n) is 7.57. The number of aromatic nitrogens is 3. The molecule has 2 rings (SSSR count). The van der Waals surface area contributed by atoms with Gasteiger partial charge in [0.2, 0.25) is 0 Å². The molecule has 0 saturated heterocycles. The minimum Gasteiger partial charge on any atom is -0.259 e. The maximum atomic E-state index is 4.25. The molecule has 3 heteroatoms. The van der Waals surface area contributed by atoms with Crippen LogP contribution in [-0.2, 0) is 0 Å². The Kier molecular flexibility index (Phi) is 2.26. The van der Waals surface area contributed by atoms with Crippen LogP contribution in [0.1, 0.15) is 5.82 Å². The molecule has 0 amide bonds. The Balaban J connectivity index is 2.39. The number of aromatic amines is 1. The van der Waals surface area contributed by atoms with Crippen molar-refractivity contribution in [3.05, 3.63) is 48.5 Å². The molecule has 0 bridgehead atoms. The Hall–Kier alpha value is -2.12. The summed E-state index contributed by atoms with van der Waals surface area (Å²) in [6.45, 7) is 3.47. The van der Waals surface area contributed by atoms with Crippen molar-refractivity contribution in [2.75, 3.05) is 0 Å². The molecule has 0 saturated carbocycles. The van der Waals surface area contributed by atoms with E-state index in [0.717, 1.165) is 5.56 Å². The van der Waals surface area contributed by atoms with Crippen molar-refractivity contribution in [3.63, 3.8) is 0 Å². The van der Waals surface area contributed by atoms with Crippen LogP contribution in [0, 0.1) is 0 Å². The van der Waals surface area contributed by atoms with Gasteiger partial charge in [-0.1, -0.05) is 36.9 Å². The Morgan fingerprint density at radius 2 is 2.07 bits per heavy atom. The number of H-pyrrole nitrogens is 1. The number of benzene rings is 1. The van der Waals surface area contributed by atoms with Gasteiger partial charge in [0.15, 0.2) is 11.6 Å². The molecule has 0 aliphatic heterocycles. The first-order valence-electron chi connectivity index (χ1n) is 4.24. The topological polar surface area (TPSA) is 41.6 Å². The van der Waals surface area contributed by atoms with Gasteiger partial charge in [-0.2, -0.15) is 5.10 Å². The fourth-order valence-corrected chi connectivity index (χ4v) is 1.15. The molecule has 0 fully saturated rings. The quantitative estimate of drug-likeness (QED) is 0.725. The van der Waals surface area contributed by atoms with Crippen molar-refractivity contribution in [1.29, 1.82) is 0 Å². The van der Waals surface area contributed by atoms with Gasteiger partial charge in [0.1, 0.15) is 0 Å². The van der Waals surface area contributed by atoms with E-state index in [1.54, 1.807) is 6.08 Å². The highest BCUT2D eigenvalue weighted by molar-refractivity contribution is 5.55. The molecule has 0 unspecified atom stereocenters. The van der Waals surface area contributed by atoms with Gasteiger partial charge < -0.3 is 0 Å². The SMILES string of the molecule is C=C=Cc1nc(-c2ccccc2)n[nH]1. The van der Waals surface area contributed by atoms with E-state index in [1.807, 2.05) is 30.3 Å². The minimum absolute atomic E-state index is 0.666. The fraction of sp³-hybridized carbons (Fsp3) is 0. The average Bonchev–Trinajstić information content (AvgIpc) is 2.68. The predicted molar refractivity (Wildman–Crippen MR) is 55.4 cm³/mol. The summed E-state index contributed by atoms with van der Waals surface area (Å²) in [7, 11) is 0. The molecule has 0 atom stereocenters. The van der Waals surface area contributed by atoms with Gasteiger partial charge in [0, 0.05) is 11.6 Å². The van der Waals surface area contributed by atoms with E-state index in [2.05, 4.69) is 27.5 Å². The van der Waals surface area contributed by atoms with Crippen molar-refractivity contribution in [3.8, 4) is 11.4 Å². The minimum atomic E-state index is 0.666. The van der Waals surface area contributed by atoms with Crippen LogP contribution in [0.3, 0.4) is 0 Å². The molecule has 68 valence electrons. The van der Waals surface area contributed by atoms with Crippen molar-refractivity contribution < 1.29 is 0 Å². The number of rotatable bonds is 2. The van der Waals surface area contributed by atoms with Crippen LogP contribution in [0.5, 0.6) is 0 Å². The number of nitrogens with one attached hydrogen (secondary N) is 1. The molecule has 1 aromatic heterocycles. The van der Waals surface area contributed by atoms with Gasteiger partial charge in [0.25, 0.3) is 0 Å². The zero-order valence-corrected chi connectivity index (χ0v) is 7.57. The normalized spacial score (nSPS) is 9.43. The summed E-state index contributed by atoms with van der Waals surface area (Å²) in [5.41, 5.74) is 3.63. The van der Waals surface area contributed by atoms with Crippen LogP contribution in [-0.4, -0.2) is 15.2 Å². The lowest BCUT2D eigenvalue weighted by Gasteiger charge is -1.90. The monoisotopic (exact) mass is 183 g/mol. The molecular weight excluding hydrogens is 174 g/mol. The molecule has 14 heavy (non-hydrogen) atoms. The summed E-state index contributed by atoms with van der Waals surface area (Å²) in [4.78, 5) is 4.25. The van der Waals surface area contributed by atoms with E-state index in [1.165, 1.54) is 0 Å². The Morgan fingerprint density at radius 3 is 2.79 bits per heavy atom. The standard InChI is InChI=1S/C11H9N3/c1-2-6-10-12-11(14-13-10)9-7-4-3-5-8-9/h3-8H,1H2,(H,12,13,14). The lowest BCUT2D eigenvalue weighted by Crippen LogP contribution is -1.78. The van der Waals surface area contributed by atoms with Gasteiger partial charge in [-0.05, 0) is 0 Å². The van der Waals surface area contributed by atoms with E-state index in [9.17, 15) is 0 Å². The highest BCUT2D eigenvalue weighted by Crippen LogP contribution is 2.13. The van der Waals surface area contributed by atoms with Crippen molar-refractivity contribution >= 4 is 6.08 Å². The molecule has 2 aromatic rings. The van der Waals surface area contributed by atoms with Crippen molar-refractivity contribution in [2.45, 2.75) is 0 Å². The molecular formula is C11H9N3. The maximum absolute atomic E-state index is 4.25. The third-order valence-corrected chi connectivity index (χ3v) is 1.77. The van der Waals surface area contributed by atoms with Crippen LogP contribution < -0.4 is 0 Å². The first-order valence-corrected chi connectivity index (χ1v) is 4.24.